The van der Waals surface area contributed by atoms with Gasteiger partial charge in [-0.15, -0.1) is 0 Å². The molecule has 1 aromatic carbocycles. The summed E-state index contributed by atoms with van der Waals surface area (Å²) in [6.45, 7) is 4.71. The quantitative estimate of drug-likeness (QED) is 0.685. The molecule has 0 atom stereocenters. The molecule has 24 heavy (non-hydrogen) atoms. The Labute approximate surface area is 142 Å². The maximum Gasteiger partial charge on any atom is 0.120 e. The summed E-state index contributed by atoms with van der Waals surface area (Å²) in [7, 11) is 2.14. The summed E-state index contributed by atoms with van der Waals surface area (Å²) in [4.78, 5) is 6.34. The molecule has 3 aromatic rings. The van der Waals surface area contributed by atoms with Crippen LogP contribution in [0.15, 0.2) is 42.7 Å². The van der Waals surface area contributed by atoms with Crippen molar-refractivity contribution in [2.75, 3.05) is 13.6 Å². The van der Waals surface area contributed by atoms with Crippen LogP contribution in [0.3, 0.4) is 0 Å². The Kier molecular flexibility index (Phi) is 5.43. The molecule has 0 unspecified atom stereocenters. The monoisotopic (exact) mass is 324 g/mol. The lowest BCUT2D eigenvalue weighted by Crippen LogP contribution is -2.19. The van der Waals surface area contributed by atoms with E-state index in [0.717, 1.165) is 41.0 Å². The van der Waals surface area contributed by atoms with Crippen molar-refractivity contribution in [1.29, 1.82) is 0 Å². The Bertz CT molecular complexity index is 769. The molecule has 0 radical (unpaired) electrons. The molecule has 3 rings (SSSR count). The van der Waals surface area contributed by atoms with Gasteiger partial charge in [-0.1, -0.05) is 13.3 Å². The highest BCUT2D eigenvalue weighted by Gasteiger charge is 2.09. The second kappa shape index (κ2) is 7.93. The summed E-state index contributed by atoms with van der Waals surface area (Å²) in [5, 5.41) is 8.69. The lowest BCUT2D eigenvalue weighted by molar-refractivity contribution is 0.306. The number of benzene rings is 1. The van der Waals surface area contributed by atoms with Gasteiger partial charge in [0.2, 0.25) is 0 Å². The molecule has 0 aliphatic heterocycles. The van der Waals surface area contributed by atoms with E-state index in [9.17, 15) is 0 Å². The summed E-state index contributed by atoms with van der Waals surface area (Å²) in [6, 6.07) is 9.97. The van der Waals surface area contributed by atoms with Crippen LogP contribution in [0.1, 0.15) is 31.0 Å². The van der Waals surface area contributed by atoms with Gasteiger partial charge >= 0.3 is 0 Å². The molecule has 0 fully saturated rings. The van der Waals surface area contributed by atoms with Crippen LogP contribution in [0.4, 0.5) is 0 Å². The Hall–Kier alpha value is -2.40. The molecular formula is C19H24N4O. The predicted molar refractivity (Wildman–Crippen MR) is 95.9 cm³/mol. The number of rotatable bonds is 8. The van der Waals surface area contributed by atoms with E-state index in [1.54, 1.807) is 12.4 Å². The minimum absolute atomic E-state index is 0.539. The smallest absolute Gasteiger partial charge is 0.120 e. The first kappa shape index (κ1) is 16.5. The third kappa shape index (κ3) is 4.11. The van der Waals surface area contributed by atoms with Crippen molar-refractivity contribution in [2.45, 2.75) is 32.9 Å². The Morgan fingerprint density at radius 2 is 2.00 bits per heavy atom. The number of H-pyrrole nitrogens is 1. The highest BCUT2D eigenvalue weighted by atomic mass is 16.5. The first-order valence-electron chi connectivity index (χ1n) is 8.43. The first-order valence-corrected chi connectivity index (χ1v) is 8.43. The number of ether oxygens (including phenoxy) is 1. The molecular weight excluding hydrogens is 300 g/mol. The number of hydrogen-bond acceptors (Lipinski definition) is 4. The SMILES string of the molecule is CCCCN(C)Cc1[nH]nc2ccc(OCc3ccncc3)cc12. The normalized spacial score (nSPS) is 11.3. The molecule has 126 valence electrons. The Morgan fingerprint density at radius 3 is 2.79 bits per heavy atom. The van der Waals surface area contributed by atoms with E-state index in [4.69, 9.17) is 4.74 Å². The van der Waals surface area contributed by atoms with Gasteiger partial charge in [-0.3, -0.25) is 10.1 Å². The zero-order chi connectivity index (χ0) is 16.8. The van der Waals surface area contributed by atoms with Crippen LogP contribution in [-0.2, 0) is 13.2 Å². The molecule has 0 amide bonds. The van der Waals surface area contributed by atoms with Crippen molar-refractivity contribution in [3.8, 4) is 5.75 Å². The number of fused-ring (bicyclic) bond motifs is 1. The lowest BCUT2D eigenvalue weighted by atomic mass is 10.2. The average molecular weight is 324 g/mol. The summed E-state index contributed by atoms with van der Waals surface area (Å²) in [6.07, 6.45) is 5.98. The van der Waals surface area contributed by atoms with Crippen LogP contribution in [0.25, 0.3) is 10.9 Å². The van der Waals surface area contributed by atoms with Crippen LogP contribution < -0.4 is 4.74 Å². The van der Waals surface area contributed by atoms with Crippen molar-refractivity contribution >= 4 is 10.9 Å². The molecule has 0 spiro atoms. The molecule has 0 bridgehead atoms. The molecule has 0 saturated carbocycles. The number of aromatic nitrogens is 3. The fraction of sp³-hybridized carbons (Fsp3) is 0.368. The molecule has 1 N–H and O–H groups in total. The largest absolute Gasteiger partial charge is 0.489 e. The zero-order valence-corrected chi connectivity index (χ0v) is 14.3. The van der Waals surface area contributed by atoms with Crippen molar-refractivity contribution in [1.82, 2.24) is 20.1 Å². The fourth-order valence-corrected chi connectivity index (χ4v) is 2.68. The zero-order valence-electron chi connectivity index (χ0n) is 14.3. The third-order valence-corrected chi connectivity index (χ3v) is 4.08. The van der Waals surface area contributed by atoms with E-state index in [1.807, 2.05) is 24.3 Å². The summed E-state index contributed by atoms with van der Waals surface area (Å²) in [5.41, 5.74) is 3.22. The van der Waals surface area contributed by atoms with E-state index in [1.165, 1.54) is 12.8 Å². The third-order valence-electron chi connectivity index (χ3n) is 4.08. The molecule has 0 aliphatic rings. The van der Waals surface area contributed by atoms with Crippen molar-refractivity contribution in [3.05, 3.63) is 54.0 Å². The summed E-state index contributed by atoms with van der Waals surface area (Å²) >= 11 is 0. The minimum Gasteiger partial charge on any atom is -0.489 e. The number of unbranched alkanes of at least 4 members (excludes halogenated alkanes) is 1. The van der Waals surface area contributed by atoms with Crippen molar-refractivity contribution in [3.63, 3.8) is 0 Å². The van der Waals surface area contributed by atoms with Gasteiger partial charge in [-0.25, -0.2) is 0 Å². The Morgan fingerprint density at radius 1 is 1.17 bits per heavy atom. The van der Waals surface area contributed by atoms with E-state index < -0.39 is 0 Å². The van der Waals surface area contributed by atoms with Gasteiger partial charge in [0.15, 0.2) is 0 Å². The molecule has 5 heteroatoms. The van der Waals surface area contributed by atoms with Crippen LogP contribution in [-0.4, -0.2) is 33.7 Å². The molecule has 0 saturated heterocycles. The highest BCUT2D eigenvalue weighted by molar-refractivity contribution is 5.82. The van der Waals surface area contributed by atoms with E-state index in [0.29, 0.717) is 6.61 Å². The van der Waals surface area contributed by atoms with Crippen LogP contribution in [0.5, 0.6) is 5.75 Å². The highest BCUT2D eigenvalue weighted by Crippen LogP contribution is 2.23. The minimum atomic E-state index is 0.539. The topological polar surface area (TPSA) is 54.0 Å². The van der Waals surface area contributed by atoms with Crippen molar-refractivity contribution < 1.29 is 4.74 Å². The molecule has 5 nitrogen and oxygen atoms in total. The number of hydrogen-bond donors (Lipinski definition) is 1. The second-order valence-corrected chi connectivity index (χ2v) is 6.12. The number of aromatic amines is 1. The van der Waals surface area contributed by atoms with Crippen LogP contribution in [0, 0.1) is 0 Å². The molecule has 2 heterocycles. The fourth-order valence-electron chi connectivity index (χ4n) is 2.68. The number of nitrogens with zero attached hydrogens (tertiary/aromatic N) is 3. The van der Waals surface area contributed by atoms with Crippen molar-refractivity contribution in [2.24, 2.45) is 0 Å². The van der Waals surface area contributed by atoms with Gasteiger partial charge in [-0.2, -0.15) is 5.10 Å². The van der Waals surface area contributed by atoms with E-state index in [-0.39, 0.29) is 0 Å². The maximum atomic E-state index is 5.91. The standard InChI is InChI=1S/C19H24N4O/c1-3-4-11-23(2)13-19-17-12-16(5-6-18(17)21-22-19)24-14-15-7-9-20-10-8-15/h5-10,12H,3-4,11,13-14H2,1-2H3,(H,21,22). The Balaban J connectivity index is 1.71. The summed E-state index contributed by atoms with van der Waals surface area (Å²) < 4.78 is 5.91. The van der Waals surface area contributed by atoms with Gasteiger partial charge < -0.3 is 9.64 Å². The van der Waals surface area contributed by atoms with E-state index in [2.05, 4.69) is 40.1 Å². The number of pyridine rings is 1. The lowest BCUT2D eigenvalue weighted by Gasteiger charge is -2.15. The van der Waals surface area contributed by atoms with Gasteiger partial charge in [-0.05, 0) is 55.9 Å². The predicted octanol–water partition coefficient (Wildman–Crippen LogP) is 3.77. The average Bonchev–Trinajstić information content (AvgIpc) is 3.01. The van der Waals surface area contributed by atoms with Crippen LogP contribution in [0.2, 0.25) is 0 Å². The second-order valence-electron chi connectivity index (χ2n) is 6.12. The molecule has 0 aliphatic carbocycles. The van der Waals surface area contributed by atoms with Gasteiger partial charge in [0.1, 0.15) is 12.4 Å². The van der Waals surface area contributed by atoms with Gasteiger partial charge in [0.05, 0.1) is 11.2 Å². The summed E-state index contributed by atoms with van der Waals surface area (Å²) in [5.74, 6) is 0.859. The van der Waals surface area contributed by atoms with E-state index >= 15 is 0 Å². The first-order chi connectivity index (χ1) is 11.8. The maximum absolute atomic E-state index is 5.91. The number of nitrogens with one attached hydrogen (secondary N) is 1. The van der Waals surface area contributed by atoms with Gasteiger partial charge in [0.25, 0.3) is 0 Å². The van der Waals surface area contributed by atoms with Crippen LogP contribution >= 0.6 is 0 Å². The molecule has 2 aromatic heterocycles. The van der Waals surface area contributed by atoms with Gasteiger partial charge in [0, 0.05) is 24.3 Å².